The Kier molecular flexibility index (Phi) is 2.54. The molecule has 3 rings (SSSR count). The minimum atomic E-state index is -4.38. The number of benzene rings is 1. The van der Waals surface area contributed by atoms with E-state index in [4.69, 9.17) is 11.6 Å². The largest absolute Gasteiger partial charge is 0.416 e. The summed E-state index contributed by atoms with van der Waals surface area (Å²) in [5, 5.41) is 2.25. The average Bonchev–Trinajstić information content (AvgIpc) is 2.37. The molecular formula is C14H5ClF3N. The van der Waals surface area contributed by atoms with E-state index in [2.05, 4.69) is 17.1 Å². The topological polar surface area (TPSA) is 12.9 Å². The molecular weight excluding hydrogens is 275 g/mol. The van der Waals surface area contributed by atoms with Crippen molar-refractivity contribution in [1.82, 2.24) is 4.98 Å². The summed E-state index contributed by atoms with van der Waals surface area (Å²) in [4.78, 5) is 3.88. The second kappa shape index (κ2) is 4.01. The lowest BCUT2D eigenvalue weighted by atomic mass is 10.0. The Morgan fingerprint density at radius 2 is 1.84 bits per heavy atom. The Morgan fingerprint density at radius 3 is 2.58 bits per heavy atom. The van der Waals surface area contributed by atoms with Crippen molar-refractivity contribution >= 4 is 33.1 Å². The number of pyridine rings is 1. The predicted octanol–water partition coefficient (Wildman–Crippen LogP) is 4.66. The quantitative estimate of drug-likeness (QED) is 0.545. The molecule has 0 aliphatic carbocycles. The van der Waals surface area contributed by atoms with Gasteiger partial charge in [-0.1, -0.05) is 23.7 Å². The molecule has 1 heterocycles. The zero-order valence-corrected chi connectivity index (χ0v) is 10.1. The van der Waals surface area contributed by atoms with Crippen LogP contribution < -0.4 is 0 Å². The summed E-state index contributed by atoms with van der Waals surface area (Å²) in [5.41, 5.74) is -0.700. The Bertz CT molecular complexity index is 781. The molecule has 0 saturated carbocycles. The Morgan fingerprint density at radius 1 is 1.05 bits per heavy atom. The number of nitrogens with zero attached hydrogens (tertiary/aromatic N) is 1. The molecule has 0 fully saturated rings. The second-order valence-electron chi connectivity index (χ2n) is 4.03. The van der Waals surface area contributed by atoms with Crippen molar-refractivity contribution in [2.75, 3.05) is 0 Å². The van der Waals surface area contributed by atoms with Gasteiger partial charge < -0.3 is 0 Å². The fourth-order valence-electron chi connectivity index (χ4n) is 1.96. The monoisotopic (exact) mass is 279 g/mol. The van der Waals surface area contributed by atoms with Crippen LogP contribution in [0.25, 0.3) is 21.5 Å². The van der Waals surface area contributed by atoms with Crippen LogP contribution in [0, 0.1) is 12.1 Å². The molecule has 19 heavy (non-hydrogen) atoms. The standard InChI is InChI=1S/C14H5ClF3N/c15-13-11-4-2-8-1-3-9(14(16,17)18)7-12(8)10(11)5-6-19-13/h1,3,5-7H. The summed E-state index contributed by atoms with van der Waals surface area (Å²) < 4.78 is 38.2. The van der Waals surface area contributed by atoms with Crippen molar-refractivity contribution in [2.24, 2.45) is 0 Å². The third kappa shape index (κ3) is 1.96. The lowest BCUT2D eigenvalue weighted by Crippen LogP contribution is -2.04. The number of hydrogen-bond donors (Lipinski definition) is 0. The van der Waals surface area contributed by atoms with Crippen LogP contribution in [0.3, 0.4) is 0 Å². The lowest BCUT2D eigenvalue weighted by Gasteiger charge is -2.08. The summed E-state index contributed by atoms with van der Waals surface area (Å²) in [6, 6.07) is 10.7. The lowest BCUT2D eigenvalue weighted by molar-refractivity contribution is -0.137. The Hall–Kier alpha value is -1.99. The number of halogens is 4. The zero-order valence-electron chi connectivity index (χ0n) is 9.35. The molecule has 0 saturated heterocycles. The van der Waals surface area contributed by atoms with E-state index >= 15 is 0 Å². The van der Waals surface area contributed by atoms with E-state index in [1.807, 2.05) is 0 Å². The first-order chi connectivity index (χ1) is 8.97. The van der Waals surface area contributed by atoms with Gasteiger partial charge in [-0.25, -0.2) is 4.98 Å². The molecule has 3 aromatic rings. The van der Waals surface area contributed by atoms with Gasteiger partial charge in [0.05, 0.1) is 10.9 Å². The minimum Gasteiger partial charge on any atom is -0.243 e. The van der Waals surface area contributed by atoms with Crippen molar-refractivity contribution in [3.05, 3.63) is 53.3 Å². The normalized spacial score (nSPS) is 11.8. The van der Waals surface area contributed by atoms with Gasteiger partial charge in [0.1, 0.15) is 5.15 Å². The van der Waals surface area contributed by atoms with Crippen LogP contribution in [0.5, 0.6) is 0 Å². The van der Waals surface area contributed by atoms with Gasteiger partial charge in [-0.2, -0.15) is 13.2 Å². The van der Waals surface area contributed by atoms with Crippen LogP contribution in [0.1, 0.15) is 5.56 Å². The summed E-state index contributed by atoms with van der Waals surface area (Å²) in [7, 11) is 0. The number of aromatic nitrogens is 1. The van der Waals surface area contributed by atoms with E-state index in [9.17, 15) is 13.2 Å². The van der Waals surface area contributed by atoms with Crippen molar-refractivity contribution in [3.8, 4) is 0 Å². The zero-order chi connectivity index (χ0) is 13.6. The molecule has 5 heteroatoms. The molecule has 2 aromatic carbocycles. The Balaban J connectivity index is 2.43. The molecule has 0 atom stereocenters. The molecule has 94 valence electrons. The molecule has 0 aliphatic heterocycles. The van der Waals surface area contributed by atoms with Crippen LogP contribution in [0.2, 0.25) is 5.15 Å². The fraction of sp³-hybridized carbons (Fsp3) is 0.0714. The van der Waals surface area contributed by atoms with Crippen LogP contribution in [-0.4, -0.2) is 4.98 Å². The van der Waals surface area contributed by atoms with Gasteiger partial charge >= 0.3 is 6.18 Å². The van der Waals surface area contributed by atoms with Gasteiger partial charge in [-0.3, -0.25) is 0 Å². The van der Waals surface area contributed by atoms with E-state index in [0.29, 0.717) is 21.5 Å². The van der Waals surface area contributed by atoms with Gasteiger partial charge in [0.2, 0.25) is 0 Å². The average molecular weight is 280 g/mol. The summed E-state index contributed by atoms with van der Waals surface area (Å²) in [5.74, 6) is 0. The minimum absolute atomic E-state index is 0.202. The third-order valence-corrected chi connectivity index (χ3v) is 3.15. The van der Waals surface area contributed by atoms with Gasteiger partial charge in [0.25, 0.3) is 0 Å². The molecule has 0 bridgehead atoms. The maximum atomic E-state index is 12.7. The highest BCUT2D eigenvalue weighted by Gasteiger charge is 2.30. The molecule has 0 radical (unpaired) electrons. The van der Waals surface area contributed by atoms with Crippen molar-refractivity contribution in [1.29, 1.82) is 0 Å². The molecule has 1 nitrogen and oxygen atoms in total. The van der Waals surface area contributed by atoms with E-state index in [-0.39, 0.29) is 5.15 Å². The van der Waals surface area contributed by atoms with E-state index in [0.717, 1.165) is 12.1 Å². The molecule has 1 aromatic heterocycles. The smallest absolute Gasteiger partial charge is 0.243 e. The fourth-order valence-corrected chi connectivity index (χ4v) is 2.17. The SMILES string of the molecule is FC(F)(F)c1ccc2c#cc3c(Cl)nccc3c2c1. The number of hydrogen-bond acceptors (Lipinski definition) is 1. The van der Waals surface area contributed by atoms with Crippen LogP contribution >= 0.6 is 11.6 Å². The van der Waals surface area contributed by atoms with E-state index in [1.54, 1.807) is 6.07 Å². The van der Waals surface area contributed by atoms with Crippen LogP contribution in [0.15, 0.2) is 30.5 Å². The summed E-state index contributed by atoms with van der Waals surface area (Å²) in [6.45, 7) is 0. The van der Waals surface area contributed by atoms with Crippen molar-refractivity contribution in [3.63, 3.8) is 0 Å². The van der Waals surface area contributed by atoms with E-state index in [1.165, 1.54) is 12.3 Å². The molecule has 0 N–H and O–H groups in total. The summed E-state index contributed by atoms with van der Waals surface area (Å²) >= 11 is 5.90. The highest BCUT2D eigenvalue weighted by Crippen LogP contribution is 2.33. The van der Waals surface area contributed by atoms with Crippen molar-refractivity contribution < 1.29 is 13.2 Å². The van der Waals surface area contributed by atoms with E-state index < -0.39 is 11.7 Å². The van der Waals surface area contributed by atoms with Gasteiger partial charge in [0.15, 0.2) is 0 Å². The van der Waals surface area contributed by atoms with Gasteiger partial charge in [-0.15, -0.1) is 0 Å². The first-order valence-electron chi connectivity index (χ1n) is 5.35. The first-order valence-corrected chi connectivity index (χ1v) is 5.73. The molecule has 0 spiro atoms. The van der Waals surface area contributed by atoms with Gasteiger partial charge in [-0.05, 0) is 29.7 Å². The van der Waals surface area contributed by atoms with Crippen LogP contribution in [-0.2, 0) is 6.18 Å². The van der Waals surface area contributed by atoms with Crippen molar-refractivity contribution in [2.45, 2.75) is 6.18 Å². The second-order valence-corrected chi connectivity index (χ2v) is 4.39. The summed E-state index contributed by atoms with van der Waals surface area (Å²) in [6.07, 6.45) is -2.92. The number of fused-ring (bicyclic) bond motifs is 3. The molecule has 0 unspecified atom stereocenters. The maximum Gasteiger partial charge on any atom is 0.416 e. The predicted molar refractivity (Wildman–Crippen MR) is 66.9 cm³/mol. The van der Waals surface area contributed by atoms with Gasteiger partial charge in [0, 0.05) is 17.0 Å². The first kappa shape index (κ1) is 12.1. The highest BCUT2D eigenvalue weighted by molar-refractivity contribution is 6.34. The highest BCUT2D eigenvalue weighted by atomic mass is 35.5. The molecule has 0 amide bonds. The number of alkyl halides is 3. The third-order valence-electron chi connectivity index (χ3n) is 2.86. The Labute approximate surface area is 111 Å². The number of rotatable bonds is 0. The van der Waals surface area contributed by atoms with Crippen LogP contribution in [0.4, 0.5) is 13.2 Å². The molecule has 0 aliphatic rings. The maximum absolute atomic E-state index is 12.7.